The van der Waals surface area contributed by atoms with E-state index in [1.807, 2.05) is 0 Å². The average molecular weight is 256 g/mol. The van der Waals surface area contributed by atoms with Gasteiger partial charge in [-0.05, 0) is 25.0 Å². The fourth-order valence-electron chi connectivity index (χ4n) is 1.02. The van der Waals surface area contributed by atoms with Crippen molar-refractivity contribution < 1.29 is 19.1 Å². The van der Waals surface area contributed by atoms with Gasteiger partial charge in [0.05, 0.1) is 26.4 Å². The zero-order valence-electron chi connectivity index (χ0n) is 10.3. The molecular weight excluding hydrogens is 236 g/mol. The Bertz CT molecular complexity index is 270. The predicted molar refractivity (Wildman–Crippen MR) is 67.5 cm³/mol. The molecule has 0 aromatic heterocycles. The van der Waals surface area contributed by atoms with Gasteiger partial charge in [-0.25, -0.2) is 0 Å². The Kier molecular flexibility index (Phi) is 10.7. The first-order valence-corrected chi connectivity index (χ1v) is 5.70. The number of amides is 2. The molecule has 0 saturated carbocycles. The molecule has 0 aliphatic rings. The van der Waals surface area contributed by atoms with Gasteiger partial charge in [0.2, 0.25) is 11.8 Å². The molecule has 0 rings (SSSR count). The first-order chi connectivity index (χ1) is 8.63. The van der Waals surface area contributed by atoms with Gasteiger partial charge in [-0.1, -0.05) is 12.2 Å². The number of ether oxygens (including phenoxy) is 2. The van der Waals surface area contributed by atoms with E-state index < -0.39 is 11.8 Å². The number of hydrogen-bond acceptors (Lipinski definition) is 4. The van der Waals surface area contributed by atoms with Gasteiger partial charge in [0.25, 0.3) is 0 Å². The Balaban J connectivity index is 3.17. The fourth-order valence-corrected chi connectivity index (χ4v) is 1.02. The van der Waals surface area contributed by atoms with Gasteiger partial charge < -0.3 is 20.9 Å². The fraction of sp³-hybridized carbons (Fsp3) is 0.500. The molecule has 4 N–H and O–H groups in total. The number of hydrogen-bond donors (Lipinski definition) is 2. The minimum atomic E-state index is -0.456. The van der Waals surface area contributed by atoms with Crippen molar-refractivity contribution in [2.75, 3.05) is 26.4 Å². The second-order valence-corrected chi connectivity index (χ2v) is 3.41. The minimum absolute atomic E-state index is 0.456. The van der Waals surface area contributed by atoms with Crippen LogP contribution < -0.4 is 11.5 Å². The van der Waals surface area contributed by atoms with Crippen LogP contribution in [0.1, 0.15) is 12.8 Å². The third kappa shape index (κ3) is 14.3. The van der Waals surface area contributed by atoms with Gasteiger partial charge in [0.1, 0.15) is 0 Å². The molecule has 0 heterocycles. The lowest BCUT2D eigenvalue weighted by molar-refractivity contribution is -0.114. The van der Waals surface area contributed by atoms with Crippen molar-refractivity contribution in [1.82, 2.24) is 0 Å². The SMILES string of the molecule is NC(=O)C=CCCOCCOCCC=CC(N)=O. The second kappa shape index (κ2) is 11.8. The summed E-state index contributed by atoms with van der Waals surface area (Å²) in [6.07, 6.45) is 7.24. The second-order valence-electron chi connectivity index (χ2n) is 3.41. The van der Waals surface area contributed by atoms with E-state index in [0.717, 1.165) is 0 Å². The van der Waals surface area contributed by atoms with Crippen LogP contribution >= 0.6 is 0 Å². The molecule has 2 amide bonds. The van der Waals surface area contributed by atoms with Gasteiger partial charge >= 0.3 is 0 Å². The molecule has 0 atom stereocenters. The van der Waals surface area contributed by atoms with Crippen LogP contribution in [0.2, 0.25) is 0 Å². The highest BCUT2D eigenvalue weighted by Gasteiger charge is 1.89. The Hall–Kier alpha value is -1.66. The van der Waals surface area contributed by atoms with Gasteiger partial charge in [0.15, 0.2) is 0 Å². The van der Waals surface area contributed by atoms with Gasteiger partial charge in [-0.15, -0.1) is 0 Å². The van der Waals surface area contributed by atoms with E-state index in [4.69, 9.17) is 20.9 Å². The Labute approximate surface area is 107 Å². The summed E-state index contributed by atoms with van der Waals surface area (Å²) < 4.78 is 10.5. The summed E-state index contributed by atoms with van der Waals surface area (Å²) in [7, 11) is 0. The highest BCUT2D eigenvalue weighted by molar-refractivity contribution is 5.85. The van der Waals surface area contributed by atoms with E-state index in [0.29, 0.717) is 39.3 Å². The Morgan fingerprint density at radius 1 is 0.778 bits per heavy atom. The van der Waals surface area contributed by atoms with Crippen LogP contribution in [0.5, 0.6) is 0 Å². The van der Waals surface area contributed by atoms with Crippen molar-refractivity contribution in [3.05, 3.63) is 24.3 Å². The summed E-state index contributed by atoms with van der Waals surface area (Å²) in [4.78, 5) is 20.7. The molecule has 0 saturated heterocycles. The number of carbonyl (C=O) groups is 2. The van der Waals surface area contributed by atoms with Crippen LogP contribution in [0.4, 0.5) is 0 Å². The number of primary amides is 2. The van der Waals surface area contributed by atoms with Crippen LogP contribution in [0, 0.1) is 0 Å². The van der Waals surface area contributed by atoms with Crippen LogP contribution in [0.3, 0.4) is 0 Å². The molecule has 6 nitrogen and oxygen atoms in total. The lowest BCUT2D eigenvalue weighted by atomic mass is 10.4. The molecule has 0 unspecified atom stereocenters. The summed E-state index contributed by atoms with van der Waals surface area (Å²) in [5.41, 5.74) is 9.82. The lowest BCUT2D eigenvalue weighted by Crippen LogP contribution is -2.07. The topological polar surface area (TPSA) is 105 Å². The maximum atomic E-state index is 10.3. The van der Waals surface area contributed by atoms with Crippen molar-refractivity contribution in [3.63, 3.8) is 0 Å². The number of rotatable bonds is 11. The minimum Gasteiger partial charge on any atom is -0.379 e. The molecule has 0 aromatic carbocycles. The monoisotopic (exact) mass is 256 g/mol. The molecule has 0 aliphatic heterocycles. The van der Waals surface area contributed by atoms with E-state index in [2.05, 4.69) is 0 Å². The van der Waals surface area contributed by atoms with Crippen molar-refractivity contribution >= 4 is 11.8 Å². The largest absolute Gasteiger partial charge is 0.379 e. The summed E-state index contributed by atoms with van der Waals surface area (Å²) in [6.45, 7) is 2.03. The maximum Gasteiger partial charge on any atom is 0.241 e. The zero-order valence-corrected chi connectivity index (χ0v) is 10.3. The van der Waals surface area contributed by atoms with Crippen molar-refractivity contribution in [3.8, 4) is 0 Å². The third-order valence-electron chi connectivity index (χ3n) is 1.79. The van der Waals surface area contributed by atoms with E-state index in [9.17, 15) is 9.59 Å². The van der Waals surface area contributed by atoms with E-state index in [-0.39, 0.29) is 0 Å². The summed E-state index contributed by atoms with van der Waals surface area (Å²) in [6, 6.07) is 0. The molecule has 0 aromatic rings. The molecule has 102 valence electrons. The Morgan fingerprint density at radius 3 is 1.50 bits per heavy atom. The predicted octanol–water partition coefficient (Wildman–Crippen LogP) is -0.117. The van der Waals surface area contributed by atoms with Gasteiger partial charge in [-0.2, -0.15) is 0 Å². The van der Waals surface area contributed by atoms with Crippen LogP contribution in [-0.2, 0) is 19.1 Å². The first-order valence-electron chi connectivity index (χ1n) is 5.70. The number of nitrogens with two attached hydrogens (primary N) is 2. The molecule has 0 spiro atoms. The molecule has 0 fully saturated rings. The zero-order chi connectivity index (χ0) is 13.6. The van der Waals surface area contributed by atoms with Gasteiger partial charge in [0, 0.05) is 0 Å². The van der Waals surface area contributed by atoms with Crippen LogP contribution in [0.15, 0.2) is 24.3 Å². The van der Waals surface area contributed by atoms with Gasteiger partial charge in [-0.3, -0.25) is 9.59 Å². The first kappa shape index (κ1) is 16.3. The molecule has 0 aliphatic carbocycles. The standard InChI is InChI=1S/C12H20N2O4/c13-11(15)5-1-3-7-17-9-10-18-8-4-2-6-12(14)16/h1-2,5-6H,3-4,7-10H2,(H2,13,15)(H2,14,16). The number of carbonyl (C=O) groups excluding carboxylic acids is 2. The molecule has 0 radical (unpaired) electrons. The van der Waals surface area contributed by atoms with Crippen molar-refractivity contribution in [2.24, 2.45) is 11.5 Å². The summed E-state index contributed by atoms with van der Waals surface area (Å²) >= 11 is 0. The van der Waals surface area contributed by atoms with E-state index >= 15 is 0 Å². The average Bonchev–Trinajstić information content (AvgIpc) is 2.29. The van der Waals surface area contributed by atoms with E-state index in [1.165, 1.54) is 12.2 Å². The molecular formula is C12H20N2O4. The quantitative estimate of drug-likeness (QED) is 0.397. The summed E-state index contributed by atoms with van der Waals surface area (Å²) in [5, 5.41) is 0. The normalized spacial score (nSPS) is 11.3. The van der Waals surface area contributed by atoms with Crippen molar-refractivity contribution in [1.29, 1.82) is 0 Å². The molecule has 0 bridgehead atoms. The Morgan fingerprint density at radius 2 is 1.17 bits per heavy atom. The highest BCUT2D eigenvalue weighted by Crippen LogP contribution is 1.88. The molecule has 18 heavy (non-hydrogen) atoms. The maximum absolute atomic E-state index is 10.3. The van der Waals surface area contributed by atoms with Crippen LogP contribution in [0.25, 0.3) is 0 Å². The summed E-state index contributed by atoms with van der Waals surface area (Å²) in [5.74, 6) is -0.912. The molecule has 6 heteroatoms. The smallest absolute Gasteiger partial charge is 0.241 e. The third-order valence-corrected chi connectivity index (χ3v) is 1.79. The highest BCUT2D eigenvalue weighted by atomic mass is 16.5. The lowest BCUT2D eigenvalue weighted by Gasteiger charge is -2.03. The van der Waals surface area contributed by atoms with Crippen LogP contribution in [-0.4, -0.2) is 38.2 Å². The van der Waals surface area contributed by atoms with E-state index in [1.54, 1.807) is 12.2 Å². The van der Waals surface area contributed by atoms with Crippen molar-refractivity contribution in [2.45, 2.75) is 12.8 Å².